The lowest BCUT2D eigenvalue weighted by Crippen LogP contribution is -2.20. The summed E-state index contributed by atoms with van der Waals surface area (Å²) >= 11 is 13.3. The van der Waals surface area contributed by atoms with Crippen LogP contribution in [-0.2, 0) is 0 Å². The van der Waals surface area contributed by atoms with Gasteiger partial charge in [0.2, 0.25) is 0 Å². The highest BCUT2D eigenvalue weighted by molar-refractivity contribution is 7.20. The van der Waals surface area contributed by atoms with E-state index in [4.69, 9.17) is 27.7 Å². The number of aryl methyl sites for hydroxylation is 1. The molecule has 25 heavy (non-hydrogen) atoms. The summed E-state index contributed by atoms with van der Waals surface area (Å²) in [4.78, 5) is 12.6. The molecular formula is C17H13Cl2N3O2S. The van der Waals surface area contributed by atoms with Gasteiger partial charge in [0.05, 0.1) is 10.0 Å². The van der Waals surface area contributed by atoms with Crippen LogP contribution >= 0.6 is 34.5 Å². The predicted molar refractivity (Wildman–Crippen MR) is 101 cm³/mol. The molecule has 0 aliphatic carbocycles. The molecular weight excluding hydrogens is 381 g/mol. The SMILES string of the molecule is C/C(=N/NC(=O)c1c(-c2ccccc2)noc1C)c1cc(Cl)sc1Cl. The van der Waals surface area contributed by atoms with Crippen molar-refractivity contribution >= 4 is 46.2 Å². The Hall–Kier alpha value is -2.15. The Morgan fingerprint density at radius 2 is 2.00 bits per heavy atom. The topological polar surface area (TPSA) is 67.5 Å². The van der Waals surface area contributed by atoms with Gasteiger partial charge < -0.3 is 4.52 Å². The van der Waals surface area contributed by atoms with Crippen molar-refractivity contribution in [3.63, 3.8) is 0 Å². The first-order valence-corrected chi connectivity index (χ1v) is 8.86. The number of benzene rings is 1. The van der Waals surface area contributed by atoms with E-state index in [2.05, 4.69) is 15.7 Å². The fourth-order valence-electron chi connectivity index (χ4n) is 2.27. The summed E-state index contributed by atoms with van der Waals surface area (Å²) in [5.41, 5.74) is 5.36. The Balaban J connectivity index is 1.86. The van der Waals surface area contributed by atoms with Crippen molar-refractivity contribution in [2.45, 2.75) is 13.8 Å². The third kappa shape index (κ3) is 3.76. The second-order valence-corrected chi connectivity index (χ2v) is 7.49. The molecule has 8 heteroatoms. The Labute approximate surface area is 158 Å². The second-order valence-electron chi connectivity index (χ2n) is 5.20. The maximum atomic E-state index is 12.6. The number of nitrogens with zero attached hydrogens (tertiary/aromatic N) is 2. The highest BCUT2D eigenvalue weighted by Crippen LogP contribution is 2.31. The van der Waals surface area contributed by atoms with E-state index >= 15 is 0 Å². The molecule has 0 bridgehead atoms. The Bertz CT molecular complexity index is 948. The van der Waals surface area contributed by atoms with Gasteiger partial charge in [0.15, 0.2) is 0 Å². The van der Waals surface area contributed by atoms with Crippen LogP contribution in [0.1, 0.15) is 28.6 Å². The van der Waals surface area contributed by atoms with Crippen molar-refractivity contribution in [2.24, 2.45) is 5.10 Å². The lowest BCUT2D eigenvalue weighted by Gasteiger charge is -2.03. The van der Waals surface area contributed by atoms with Crippen molar-refractivity contribution in [3.05, 3.63) is 62.0 Å². The number of thiophene rings is 1. The molecule has 2 aromatic heterocycles. The smallest absolute Gasteiger partial charge is 0.277 e. The lowest BCUT2D eigenvalue weighted by atomic mass is 10.1. The van der Waals surface area contributed by atoms with Gasteiger partial charge in [0, 0.05) is 11.1 Å². The average molecular weight is 394 g/mol. The zero-order valence-electron chi connectivity index (χ0n) is 13.3. The maximum absolute atomic E-state index is 12.6. The van der Waals surface area contributed by atoms with Crippen LogP contribution in [0.4, 0.5) is 0 Å². The Morgan fingerprint density at radius 3 is 2.64 bits per heavy atom. The van der Waals surface area contributed by atoms with E-state index in [1.54, 1.807) is 19.9 Å². The van der Waals surface area contributed by atoms with Crippen molar-refractivity contribution in [1.29, 1.82) is 0 Å². The van der Waals surface area contributed by atoms with Gasteiger partial charge >= 0.3 is 0 Å². The Kier molecular flexibility index (Phi) is 5.22. The van der Waals surface area contributed by atoms with Gasteiger partial charge in [-0.2, -0.15) is 5.10 Å². The van der Waals surface area contributed by atoms with Crippen molar-refractivity contribution < 1.29 is 9.32 Å². The van der Waals surface area contributed by atoms with Gasteiger partial charge in [-0.25, -0.2) is 5.43 Å². The summed E-state index contributed by atoms with van der Waals surface area (Å²) in [6.07, 6.45) is 0. The minimum Gasteiger partial charge on any atom is -0.360 e. The molecule has 2 heterocycles. The number of nitrogens with one attached hydrogen (secondary N) is 1. The number of rotatable bonds is 4. The van der Waals surface area contributed by atoms with Crippen LogP contribution in [0, 0.1) is 6.92 Å². The maximum Gasteiger partial charge on any atom is 0.277 e. The molecule has 0 aliphatic heterocycles. The van der Waals surface area contributed by atoms with Gasteiger partial charge in [0.1, 0.15) is 21.4 Å². The van der Waals surface area contributed by atoms with Gasteiger partial charge in [-0.05, 0) is 19.9 Å². The number of carbonyl (C=O) groups excluding carboxylic acids is 1. The van der Waals surface area contributed by atoms with Crippen LogP contribution in [0.2, 0.25) is 8.67 Å². The van der Waals surface area contributed by atoms with E-state index in [-0.39, 0.29) is 0 Å². The Morgan fingerprint density at radius 1 is 1.28 bits per heavy atom. The molecule has 1 amide bonds. The third-order valence-electron chi connectivity index (χ3n) is 3.51. The van der Waals surface area contributed by atoms with E-state index in [0.29, 0.717) is 37.0 Å². The number of hydrogen-bond acceptors (Lipinski definition) is 5. The molecule has 0 saturated heterocycles. The van der Waals surface area contributed by atoms with Gasteiger partial charge in [0.25, 0.3) is 5.91 Å². The number of amides is 1. The van der Waals surface area contributed by atoms with Gasteiger partial charge in [-0.3, -0.25) is 4.79 Å². The fourth-order valence-corrected chi connectivity index (χ4v) is 3.83. The quantitative estimate of drug-likeness (QED) is 0.490. The van der Waals surface area contributed by atoms with E-state index in [1.807, 2.05) is 30.3 Å². The van der Waals surface area contributed by atoms with Crippen LogP contribution in [0.3, 0.4) is 0 Å². The minimum absolute atomic E-state index is 0.345. The van der Waals surface area contributed by atoms with E-state index in [0.717, 1.165) is 5.56 Å². The zero-order chi connectivity index (χ0) is 18.0. The van der Waals surface area contributed by atoms with Gasteiger partial charge in [-0.1, -0.05) is 58.7 Å². The van der Waals surface area contributed by atoms with Crippen LogP contribution < -0.4 is 5.43 Å². The summed E-state index contributed by atoms with van der Waals surface area (Å²) in [6, 6.07) is 11.0. The number of halogens is 2. The molecule has 1 aromatic carbocycles. The van der Waals surface area contributed by atoms with Crippen molar-refractivity contribution in [2.75, 3.05) is 0 Å². The molecule has 0 unspecified atom stereocenters. The molecule has 0 atom stereocenters. The number of hydrazone groups is 1. The lowest BCUT2D eigenvalue weighted by molar-refractivity contribution is 0.0954. The molecule has 3 aromatic rings. The molecule has 0 fully saturated rings. The summed E-state index contributed by atoms with van der Waals surface area (Å²) in [5, 5.41) is 8.10. The summed E-state index contributed by atoms with van der Waals surface area (Å²) in [6.45, 7) is 3.42. The summed E-state index contributed by atoms with van der Waals surface area (Å²) in [5.74, 6) is 0.00946. The number of aromatic nitrogens is 1. The average Bonchev–Trinajstić information content (AvgIpc) is 3.15. The summed E-state index contributed by atoms with van der Waals surface area (Å²) < 4.78 is 6.27. The molecule has 3 rings (SSSR count). The summed E-state index contributed by atoms with van der Waals surface area (Å²) in [7, 11) is 0. The normalized spacial score (nSPS) is 11.6. The molecule has 128 valence electrons. The molecule has 0 spiro atoms. The molecule has 0 saturated carbocycles. The second kappa shape index (κ2) is 7.39. The molecule has 1 N–H and O–H groups in total. The van der Waals surface area contributed by atoms with E-state index in [1.165, 1.54) is 11.3 Å². The number of hydrogen-bond donors (Lipinski definition) is 1. The highest BCUT2D eigenvalue weighted by atomic mass is 35.5. The standard InChI is InChI=1S/C17H13Cl2N3O2S/c1-9(12-8-13(18)25-16(12)19)20-21-17(23)14-10(2)24-22-15(14)11-6-4-3-5-7-11/h3-8H,1-2H3,(H,21,23)/b20-9-. The van der Waals surface area contributed by atoms with E-state index < -0.39 is 5.91 Å². The van der Waals surface area contributed by atoms with E-state index in [9.17, 15) is 4.79 Å². The van der Waals surface area contributed by atoms with Crippen molar-refractivity contribution in [3.8, 4) is 11.3 Å². The van der Waals surface area contributed by atoms with Crippen LogP contribution in [-0.4, -0.2) is 16.8 Å². The molecule has 0 radical (unpaired) electrons. The minimum atomic E-state index is -0.408. The highest BCUT2D eigenvalue weighted by Gasteiger charge is 2.21. The predicted octanol–water partition coefficient (Wildman–Crippen LogP) is 5.17. The van der Waals surface area contributed by atoms with Crippen LogP contribution in [0.15, 0.2) is 46.0 Å². The first-order chi connectivity index (χ1) is 12.0. The first-order valence-electron chi connectivity index (χ1n) is 7.29. The van der Waals surface area contributed by atoms with Crippen LogP contribution in [0.25, 0.3) is 11.3 Å². The van der Waals surface area contributed by atoms with Gasteiger partial charge in [-0.15, -0.1) is 11.3 Å². The molecule has 5 nitrogen and oxygen atoms in total. The third-order valence-corrected chi connectivity index (χ3v) is 5.00. The zero-order valence-corrected chi connectivity index (χ0v) is 15.7. The van der Waals surface area contributed by atoms with Crippen molar-refractivity contribution in [1.82, 2.24) is 10.6 Å². The van der Waals surface area contributed by atoms with Crippen LogP contribution in [0.5, 0.6) is 0 Å². The number of carbonyl (C=O) groups is 1. The first kappa shape index (κ1) is 17.7. The molecule has 0 aliphatic rings. The fraction of sp³-hybridized carbons (Fsp3) is 0.118. The monoisotopic (exact) mass is 393 g/mol. The largest absolute Gasteiger partial charge is 0.360 e.